The lowest BCUT2D eigenvalue weighted by Crippen LogP contribution is -2.32. The molecule has 0 saturated carbocycles. The molecule has 1 aromatic rings. The molecule has 1 saturated heterocycles. The summed E-state index contributed by atoms with van der Waals surface area (Å²) in [5.41, 5.74) is 7.50. The molecule has 0 aromatic carbocycles. The van der Waals surface area contributed by atoms with Crippen molar-refractivity contribution in [2.75, 3.05) is 43.4 Å². The second-order valence-corrected chi connectivity index (χ2v) is 5.40. The number of nitriles is 2. The molecule has 116 valence electrons. The lowest BCUT2D eigenvalue weighted by molar-refractivity contribution is 0.310. The van der Waals surface area contributed by atoms with Gasteiger partial charge in [-0.15, -0.1) is 0 Å². The van der Waals surface area contributed by atoms with Crippen LogP contribution in [0.3, 0.4) is 0 Å². The zero-order chi connectivity index (χ0) is 16.1. The van der Waals surface area contributed by atoms with Crippen LogP contribution < -0.4 is 10.6 Å². The summed E-state index contributed by atoms with van der Waals surface area (Å²) in [6, 6.07) is 4.32. The minimum Gasteiger partial charge on any atom is -0.383 e. The van der Waals surface area contributed by atoms with Gasteiger partial charge in [-0.2, -0.15) is 10.5 Å². The van der Waals surface area contributed by atoms with Gasteiger partial charge in [0.15, 0.2) is 0 Å². The maximum absolute atomic E-state index is 9.56. The Hall–Kier alpha value is -2.31. The molecule has 2 N–H and O–H groups in total. The number of rotatable bonds is 3. The third kappa shape index (κ3) is 2.98. The number of hydrogen-bond acceptors (Lipinski definition) is 6. The fourth-order valence-corrected chi connectivity index (χ4v) is 2.96. The molecule has 22 heavy (non-hydrogen) atoms. The number of aromatic nitrogens is 1. The third-order valence-electron chi connectivity index (χ3n) is 4.22. The number of nitrogen functional groups attached to an aromatic ring is 1. The predicted octanol–water partition coefficient (Wildman–Crippen LogP) is 1.50. The van der Waals surface area contributed by atoms with Gasteiger partial charge < -0.3 is 15.5 Å². The van der Waals surface area contributed by atoms with Crippen LogP contribution in [-0.4, -0.2) is 42.6 Å². The van der Waals surface area contributed by atoms with E-state index in [1.165, 1.54) is 0 Å². The number of nitrogens with two attached hydrogens (primary N) is 1. The second kappa shape index (κ2) is 7.11. The van der Waals surface area contributed by atoms with Crippen molar-refractivity contribution in [1.82, 2.24) is 9.88 Å². The van der Waals surface area contributed by atoms with E-state index in [-0.39, 0.29) is 5.82 Å². The van der Waals surface area contributed by atoms with Crippen molar-refractivity contribution >= 4 is 11.6 Å². The van der Waals surface area contributed by atoms with Crippen molar-refractivity contribution in [1.29, 1.82) is 10.5 Å². The third-order valence-corrected chi connectivity index (χ3v) is 4.22. The summed E-state index contributed by atoms with van der Waals surface area (Å²) in [7, 11) is 0. The summed E-state index contributed by atoms with van der Waals surface area (Å²) in [6.45, 7) is 8.80. The highest BCUT2D eigenvalue weighted by Gasteiger charge is 2.23. The van der Waals surface area contributed by atoms with Gasteiger partial charge in [0, 0.05) is 19.6 Å². The second-order valence-electron chi connectivity index (χ2n) is 5.40. The van der Waals surface area contributed by atoms with Crippen LogP contribution in [0.1, 0.15) is 37.0 Å². The number of likely N-dealkylation sites (N-methyl/N-ethyl adjacent to an activating group) is 1. The van der Waals surface area contributed by atoms with E-state index in [0.717, 1.165) is 39.1 Å². The zero-order valence-corrected chi connectivity index (χ0v) is 13.3. The smallest absolute Gasteiger partial charge is 0.149 e. The van der Waals surface area contributed by atoms with Crippen molar-refractivity contribution in [2.45, 2.75) is 26.7 Å². The molecular formula is C16H22N6. The monoisotopic (exact) mass is 298 g/mol. The molecule has 1 aliphatic rings. The summed E-state index contributed by atoms with van der Waals surface area (Å²) in [5, 5.41) is 18.8. The molecule has 0 atom stereocenters. The van der Waals surface area contributed by atoms with Gasteiger partial charge in [-0.25, -0.2) is 4.98 Å². The van der Waals surface area contributed by atoms with Crippen molar-refractivity contribution in [3.05, 3.63) is 16.7 Å². The normalized spacial score (nSPS) is 15.9. The number of anilines is 2. The summed E-state index contributed by atoms with van der Waals surface area (Å²) < 4.78 is 0. The van der Waals surface area contributed by atoms with Gasteiger partial charge in [-0.05, 0) is 31.5 Å². The van der Waals surface area contributed by atoms with E-state index in [1.807, 2.05) is 6.92 Å². The molecule has 6 heteroatoms. The van der Waals surface area contributed by atoms with Gasteiger partial charge in [0.2, 0.25) is 0 Å². The molecule has 0 unspecified atom stereocenters. The van der Waals surface area contributed by atoms with Crippen LogP contribution in [0.25, 0.3) is 0 Å². The highest BCUT2D eigenvalue weighted by atomic mass is 15.2. The van der Waals surface area contributed by atoms with Crippen molar-refractivity contribution < 1.29 is 0 Å². The molecule has 0 spiro atoms. The van der Waals surface area contributed by atoms with Crippen molar-refractivity contribution in [3.63, 3.8) is 0 Å². The summed E-state index contributed by atoms with van der Waals surface area (Å²) in [6.07, 6.45) is 1.63. The fourth-order valence-electron chi connectivity index (χ4n) is 2.96. The molecular weight excluding hydrogens is 276 g/mol. The Labute approximate surface area is 131 Å². The first-order valence-corrected chi connectivity index (χ1v) is 7.76. The highest BCUT2D eigenvalue weighted by molar-refractivity contribution is 5.68. The molecule has 1 aromatic heterocycles. The van der Waals surface area contributed by atoms with Crippen LogP contribution >= 0.6 is 0 Å². The molecule has 1 fully saturated rings. The maximum Gasteiger partial charge on any atom is 0.149 e. The average molecular weight is 298 g/mol. The molecule has 0 aliphatic carbocycles. The molecule has 2 rings (SSSR count). The summed E-state index contributed by atoms with van der Waals surface area (Å²) >= 11 is 0. The van der Waals surface area contributed by atoms with Crippen LogP contribution in [0.4, 0.5) is 11.6 Å². The molecule has 0 bridgehead atoms. The largest absolute Gasteiger partial charge is 0.383 e. The summed E-state index contributed by atoms with van der Waals surface area (Å²) in [5.74, 6) is 0.860. The van der Waals surface area contributed by atoms with Crippen molar-refractivity contribution in [3.8, 4) is 12.1 Å². The van der Waals surface area contributed by atoms with Crippen LogP contribution in [-0.2, 0) is 6.42 Å². The van der Waals surface area contributed by atoms with Gasteiger partial charge in [0.05, 0.1) is 11.1 Å². The van der Waals surface area contributed by atoms with Gasteiger partial charge in [-0.1, -0.05) is 13.8 Å². The van der Waals surface area contributed by atoms with E-state index in [1.54, 1.807) is 0 Å². The quantitative estimate of drug-likeness (QED) is 0.909. The van der Waals surface area contributed by atoms with Crippen molar-refractivity contribution in [2.24, 2.45) is 0 Å². The van der Waals surface area contributed by atoms with E-state index in [9.17, 15) is 10.5 Å². The Balaban J connectivity index is 2.45. The molecule has 0 amide bonds. The van der Waals surface area contributed by atoms with E-state index in [2.05, 4.69) is 33.8 Å². The maximum atomic E-state index is 9.56. The van der Waals surface area contributed by atoms with Crippen LogP contribution in [0.5, 0.6) is 0 Å². The Morgan fingerprint density at radius 3 is 2.41 bits per heavy atom. The van der Waals surface area contributed by atoms with Crippen LogP contribution in [0.2, 0.25) is 0 Å². The highest BCUT2D eigenvalue weighted by Crippen LogP contribution is 2.28. The molecule has 0 radical (unpaired) electrons. The SMILES string of the molecule is CCc1c(C#N)c(N)nc(N2CCCN(CC)CC2)c1C#N. The lowest BCUT2D eigenvalue weighted by Gasteiger charge is -2.24. The molecule has 1 aliphatic heterocycles. The molecule has 6 nitrogen and oxygen atoms in total. The first kappa shape index (κ1) is 16.1. The predicted molar refractivity (Wildman–Crippen MR) is 86.4 cm³/mol. The van der Waals surface area contributed by atoms with E-state index < -0.39 is 0 Å². The Morgan fingerprint density at radius 1 is 1.09 bits per heavy atom. The number of pyridine rings is 1. The van der Waals surface area contributed by atoms with Crippen LogP contribution in [0, 0.1) is 22.7 Å². The van der Waals surface area contributed by atoms with E-state index in [0.29, 0.717) is 28.9 Å². The Bertz CT molecular complexity index is 625. The Kier molecular flexibility index (Phi) is 5.19. The van der Waals surface area contributed by atoms with Gasteiger partial charge >= 0.3 is 0 Å². The minimum atomic E-state index is 0.227. The first-order chi connectivity index (χ1) is 10.7. The number of nitrogens with zero attached hydrogens (tertiary/aromatic N) is 5. The van der Waals surface area contributed by atoms with Gasteiger partial charge in [0.1, 0.15) is 23.8 Å². The van der Waals surface area contributed by atoms with Crippen LogP contribution in [0.15, 0.2) is 0 Å². The van der Waals surface area contributed by atoms with E-state index in [4.69, 9.17) is 5.73 Å². The van der Waals surface area contributed by atoms with E-state index >= 15 is 0 Å². The first-order valence-electron chi connectivity index (χ1n) is 7.76. The van der Waals surface area contributed by atoms with Gasteiger partial charge in [-0.3, -0.25) is 0 Å². The van der Waals surface area contributed by atoms with Gasteiger partial charge in [0.25, 0.3) is 0 Å². The number of hydrogen-bond donors (Lipinski definition) is 1. The minimum absolute atomic E-state index is 0.227. The lowest BCUT2D eigenvalue weighted by atomic mass is 10.0. The average Bonchev–Trinajstić information content (AvgIpc) is 2.78. The fraction of sp³-hybridized carbons (Fsp3) is 0.562. The Morgan fingerprint density at radius 2 is 1.82 bits per heavy atom. The topological polar surface area (TPSA) is 93.0 Å². The zero-order valence-electron chi connectivity index (χ0n) is 13.3. The standard InChI is InChI=1S/C16H22N6/c1-3-12-13(10-17)15(19)20-16(14(12)11-18)22-7-5-6-21(4-2)8-9-22/h3-9H2,1-2H3,(H2,19,20). The molecule has 2 heterocycles. The summed E-state index contributed by atoms with van der Waals surface area (Å²) in [4.78, 5) is 8.90.